The van der Waals surface area contributed by atoms with Crippen LogP contribution in [0.15, 0.2) is 0 Å². The number of aromatic nitrogens is 2. The molecule has 1 aromatic heterocycles. The molecule has 0 saturated carbocycles. The molecule has 6 nitrogen and oxygen atoms in total. The average molecular weight is 239 g/mol. The molecule has 1 atom stereocenters. The van der Waals surface area contributed by atoms with Crippen LogP contribution in [0.25, 0.3) is 0 Å². The lowest BCUT2D eigenvalue weighted by atomic mass is 10.2. The van der Waals surface area contributed by atoms with Gasteiger partial charge in [0.1, 0.15) is 0 Å². The summed E-state index contributed by atoms with van der Waals surface area (Å²) in [6.45, 7) is 4.68. The molecule has 17 heavy (non-hydrogen) atoms. The van der Waals surface area contributed by atoms with Gasteiger partial charge in [0.15, 0.2) is 5.69 Å². The molecule has 1 amide bonds. The summed E-state index contributed by atoms with van der Waals surface area (Å²) in [6, 6.07) is 0.0984. The van der Waals surface area contributed by atoms with Crippen molar-refractivity contribution >= 4 is 11.6 Å². The number of hydrogen-bond acceptors (Lipinski definition) is 4. The van der Waals surface area contributed by atoms with Crippen LogP contribution in [-0.4, -0.2) is 47.7 Å². The van der Waals surface area contributed by atoms with E-state index in [0.717, 1.165) is 18.7 Å². The Balaban J connectivity index is 2.52. The van der Waals surface area contributed by atoms with Gasteiger partial charge in [-0.1, -0.05) is 0 Å². The number of nitrogens with one attached hydrogen (secondary N) is 2. The zero-order valence-corrected chi connectivity index (χ0v) is 10.9. The van der Waals surface area contributed by atoms with Crippen LogP contribution in [0, 0.1) is 6.92 Å². The molecule has 0 saturated heterocycles. The van der Waals surface area contributed by atoms with Crippen LogP contribution in [0.1, 0.15) is 29.5 Å². The summed E-state index contributed by atoms with van der Waals surface area (Å²) in [5.74, 6) is -0.224. The maximum atomic E-state index is 11.8. The van der Waals surface area contributed by atoms with Crippen LogP contribution in [0.4, 0.5) is 5.69 Å². The maximum Gasteiger partial charge on any atom is 0.274 e. The number of carbonyl (C=O) groups is 1. The lowest BCUT2D eigenvalue weighted by Crippen LogP contribution is -2.35. The zero-order valence-electron chi connectivity index (χ0n) is 10.9. The van der Waals surface area contributed by atoms with Gasteiger partial charge in [0, 0.05) is 6.04 Å². The lowest BCUT2D eigenvalue weighted by molar-refractivity contribution is 0.0932. The van der Waals surface area contributed by atoms with E-state index >= 15 is 0 Å². The van der Waals surface area contributed by atoms with Crippen molar-refractivity contribution in [1.82, 2.24) is 20.4 Å². The largest absolute Gasteiger partial charge is 0.395 e. The first kappa shape index (κ1) is 13.5. The molecule has 0 aromatic carbocycles. The van der Waals surface area contributed by atoms with Gasteiger partial charge in [0.2, 0.25) is 0 Å². The number of carbonyl (C=O) groups excluding carboxylic acids is 1. The quantitative estimate of drug-likeness (QED) is 0.693. The Hall–Kier alpha value is -1.56. The third kappa shape index (κ3) is 3.74. The number of rotatable bonds is 5. The first-order valence-electron chi connectivity index (χ1n) is 5.67. The number of amides is 1. The molecule has 0 aliphatic carbocycles. The fourth-order valence-corrected chi connectivity index (χ4v) is 1.43. The van der Waals surface area contributed by atoms with E-state index in [2.05, 4.69) is 20.4 Å². The minimum atomic E-state index is -0.224. The molecule has 1 heterocycles. The average Bonchev–Trinajstić information content (AvgIpc) is 2.57. The van der Waals surface area contributed by atoms with E-state index in [4.69, 9.17) is 5.73 Å². The minimum absolute atomic E-state index is 0.0984. The molecule has 0 fully saturated rings. The molecule has 1 rings (SSSR count). The van der Waals surface area contributed by atoms with E-state index < -0.39 is 0 Å². The first-order chi connectivity index (χ1) is 7.91. The van der Waals surface area contributed by atoms with Gasteiger partial charge in [0.25, 0.3) is 5.91 Å². The van der Waals surface area contributed by atoms with E-state index in [-0.39, 0.29) is 17.6 Å². The lowest BCUT2D eigenvalue weighted by Gasteiger charge is -2.16. The molecule has 4 N–H and O–H groups in total. The molecular formula is C11H21N5O. The van der Waals surface area contributed by atoms with Gasteiger partial charge in [-0.15, -0.1) is 0 Å². The second-order valence-electron chi connectivity index (χ2n) is 4.58. The van der Waals surface area contributed by atoms with Gasteiger partial charge in [-0.3, -0.25) is 9.89 Å². The van der Waals surface area contributed by atoms with Gasteiger partial charge in [-0.25, -0.2) is 0 Å². The Labute approximate surface area is 102 Å². The molecule has 1 aromatic rings. The standard InChI is InChI=1S/C11H21N5O/c1-7(5-6-16(3)4)13-11(17)10-9(12)8(2)14-15-10/h7H,5-6,12H2,1-4H3,(H,13,17)(H,14,15). The predicted octanol–water partition coefficient (Wildman–Crippen LogP) is 0.370. The zero-order chi connectivity index (χ0) is 13.0. The van der Waals surface area contributed by atoms with Crippen molar-refractivity contribution in [3.05, 3.63) is 11.4 Å². The highest BCUT2D eigenvalue weighted by Gasteiger charge is 2.16. The number of aromatic amines is 1. The maximum absolute atomic E-state index is 11.8. The van der Waals surface area contributed by atoms with Crippen LogP contribution < -0.4 is 11.1 Å². The van der Waals surface area contributed by atoms with E-state index in [1.54, 1.807) is 6.92 Å². The Bertz CT molecular complexity index is 385. The number of nitrogen functional groups attached to an aromatic ring is 1. The van der Waals surface area contributed by atoms with Crippen LogP contribution >= 0.6 is 0 Å². The molecule has 0 bridgehead atoms. The highest BCUT2D eigenvalue weighted by atomic mass is 16.2. The van der Waals surface area contributed by atoms with Crippen molar-refractivity contribution in [3.8, 4) is 0 Å². The normalized spacial score (nSPS) is 12.8. The van der Waals surface area contributed by atoms with Crippen LogP contribution in [0.5, 0.6) is 0 Å². The molecule has 0 radical (unpaired) electrons. The summed E-state index contributed by atoms with van der Waals surface area (Å²) in [4.78, 5) is 13.9. The Morgan fingerprint density at radius 1 is 1.59 bits per heavy atom. The smallest absolute Gasteiger partial charge is 0.274 e. The first-order valence-corrected chi connectivity index (χ1v) is 5.67. The van der Waals surface area contributed by atoms with Crippen molar-refractivity contribution in [2.45, 2.75) is 26.3 Å². The third-order valence-electron chi connectivity index (χ3n) is 2.60. The molecule has 0 spiro atoms. The van der Waals surface area contributed by atoms with Gasteiger partial charge in [-0.2, -0.15) is 5.10 Å². The fraction of sp³-hybridized carbons (Fsp3) is 0.636. The number of anilines is 1. The summed E-state index contributed by atoms with van der Waals surface area (Å²) in [5, 5.41) is 9.47. The predicted molar refractivity (Wildman–Crippen MR) is 67.8 cm³/mol. The van der Waals surface area contributed by atoms with Crippen molar-refractivity contribution in [1.29, 1.82) is 0 Å². The van der Waals surface area contributed by atoms with E-state index in [1.165, 1.54) is 0 Å². The van der Waals surface area contributed by atoms with E-state index in [1.807, 2.05) is 21.0 Å². The monoisotopic (exact) mass is 239 g/mol. The van der Waals surface area contributed by atoms with Gasteiger partial charge >= 0.3 is 0 Å². The highest BCUT2D eigenvalue weighted by Crippen LogP contribution is 2.12. The van der Waals surface area contributed by atoms with Crippen molar-refractivity contribution in [2.75, 3.05) is 26.4 Å². The van der Waals surface area contributed by atoms with Gasteiger partial charge in [0.05, 0.1) is 11.4 Å². The van der Waals surface area contributed by atoms with Crippen molar-refractivity contribution in [3.63, 3.8) is 0 Å². The number of H-pyrrole nitrogens is 1. The summed E-state index contributed by atoms with van der Waals surface area (Å²) in [6.07, 6.45) is 0.891. The van der Waals surface area contributed by atoms with Gasteiger partial charge in [-0.05, 0) is 40.9 Å². The van der Waals surface area contributed by atoms with Gasteiger partial charge < -0.3 is 16.0 Å². The Morgan fingerprint density at radius 3 is 2.71 bits per heavy atom. The SMILES string of the molecule is Cc1[nH]nc(C(=O)NC(C)CCN(C)C)c1N. The summed E-state index contributed by atoms with van der Waals surface area (Å²) in [5.41, 5.74) is 7.15. The minimum Gasteiger partial charge on any atom is -0.395 e. The second kappa shape index (κ2) is 5.67. The van der Waals surface area contributed by atoms with Crippen LogP contribution in [-0.2, 0) is 0 Å². The number of aryl methyl sites for hydroxylation is 1. The summed E-state index contributed by atoms with van der Waals surface area (Å²) in [7, 11) is 4.01. The van der Waals surface area contributed by atoms with Crippen molar-refractivity contribution in [2.24, 2.45) is 0 Å². The summed E-state index contributed by atoms with van der Waals surface area (Å²) >= 11 is 0. The Kier molecular flexibility index (Phi) is 4.51. The molecule has 96 valence electrons. The van der Waals surface area contributed by atoms with Crippen LogP contribution in [0.3, 0.4) is 0 Å². The molecule has 1 unspecified atom stereocenters. The fourth-order valence-electron chi connectivity index (χ4n) is 1.43. The molecule has 0 aliphatic rings. The molecular weight excluding hydrogens is 218 g/mol. The number of hydrogen-bond donors (Lipinski definition) is 3. The molecule has 6 heteroatoms. The summed E-state index contributed by atoms with van der Waals surface area (Å²) < 4.78 is 0. The van der Waals surface area contributed by atoms with Crippen molar-refractivity contribution < 1.29 is 4.79 Å². The van der Waals surface area contributed by atoms with E-state index in [0.29, 0.717) is 5.69 Å². The molecule has 0 aliphatic heterocycles. The number of nitrogens with zero attached hydrogens (tertiary/aromatic N) is 2. The Morgan fingerprint density at radius 2 is 2.24 bits per heavy atom. The topological polar surface area (TPSA) is 87.0 Å². The van der Waals surface area contributed by atoms with E-state index in [9.17, 15) is 4.79 Å². The highest BCUT2D eigenvalue weighted by molar-refractivity contribution is 5.97. The second-order valence-corrected chi connectivity index (χ2v) is 4.58. The third-order valence-corrected chi connectivity index (χ3v) is 2.60. The van der Waals surface area contributed by atoms with Crippen LogP contribution in [0.2, 0.25) is 0 Å². The number of nitrogens with two attached hydrogens (primary N) is 1.